The minimum atomic E-state index is -0.914. The molecule has 0 amide bonds. The van der Waals surface area contributed by atoms with Gasteiger partial charge in [-0.3, -0.25) is 4.79 Å². The first-order valence-electron chi connectivity index (χ1n) is 15.1. The molecule has 0 aliphatic heterocycles. The van der Waals surface area contributed by atoms with Gasteiger partial charge in [-0.15, -0.1) is 6.42 Å². The van der Waals surface area contributed by atoms with E-state index in [0.29, 0.717) is 23.7 Å². The van der Waals surface area contributed by atoms with Crippen LogP contribution >= 0.6 is 0 Å². The van der Waals surface area contributed by atoms with Gasteiger partial charge in [0, 0.05) is 5.41 Å². The fourth-order valence-electron chi connectivity index (χ4n) is 9.04. The summed E-state index contributed by atoms with van der Waals surface area (Å²) >= 11 is 0. The fraction of sp³-hybridized carbons (Fsp3) is 0.788. The van der Waals surface area contributed by atoms with Gasteiger partial charge < -0.3 is 10.2 Å². The quantitative estimate of drug-likeness (QED) is 0.214. The van der Waals surface area contributed by atoms with E-state index in [2.05, 4.69) is 32.4 Å². The van der Waals surface area contributed by atoms with Crippen LogP contribution in [0.1, 0.15) is 117 Å². The normalized spacial score (nSPS) is 38.2. The molecule has 5 rings (SSSR count). The van der Waals surface area contributed by atoms with Crippen LogP contribution in [0.15, 0.2) is 23.8 Å². The first-order chi connectivity index (χ1) is 17.3. The molecule has 4 saturated carbocycles. The largest absolute Gasteiger partial charge is 0.481 e. The topological polar surface area (TPSA) is 57.5 Å². The Labute approximate surface area is 220 Å². The van der Waals surface area contributed by atoms with Crippen LogP contribution in [0, 0.1) is 53.3 Å². The summed E-state index contributed by atoms with van der Waals surface area (Å²) in [7, 11) is 0. The van der Waals surface area contributed by atoms with Crippen molar-refractivity contribution in [2.45, 2.75) is 122 Å². The van der Waals surface area contributed by atoms with E-state index >= 15 is 0 Å². The molecule has 0 spiro atoms. The van der Waals surface area contributed by atoms with Crippen molar-refractivity contribution in [2.75, 3.05) is 0 Å². The fourth-order valence-corrected chi connectivity index (χ4v) is 9.04. The number of carboxylic acids is 1. The van der Waals surface area contributed by atoms with Crippen LogP contribution in [0.2, 0.25) is 0 Å². The second-order valence-electron chi connectivity index (χ2n) is 12.7. The Balaban J connectivity index is 0.000000200. The first-order valence-corrected chi connectivity index (χ1v) is 15.1. The lowest BCUT2D eigenvalue weighted by molar-refractivity contribution is -0.145. The summed E-state index contributed by atoms with van der Waals surface area (Å²) in [4.78, 5) is 10.9. The minimum absolute atomic E-state index is 0.0414. The highest BCUT2D eigenvalue weighted by Crippen LogP contribution is 2.67. The van der Waals surface area contributed by atoms with Gasteiger partial charge in [-0.25, -0.2) is 0 Å². The maximum Gasteiger partial charge on any atom is 0.306 e. The van der Waals surface area contributed by atoms with E-state index in [0.717, 1.165) is 57.3 Å². The number of fused-ring (bicyclic) bond motifs is 5. The lowest BCUT2D eigenvalue weighted by Gasteiger charge is -2.56. The number of rotatable bonds is 7. The smallest absolute Gasteiger partial charge is 0.306 e. The van der Waals surface area contributed by atoms with Crippen molar-refractivity contribution in [2.24, 2.45) is 40.9 Å². The summed E-state index contributed by atoms with van der Waals surface area (Å²) in [6.07, 6.45) is 26.5. The zero-order valence-electron chi connectivity index (χ0n) is 22.9. The van der Waals surface area contributed by atoms with E-state index in [1.165, 1.54) is 56.9 Å². The monoisotopic (exact) mass is 494 g/mol. The average molecular weight is 495 g/mol. The zero-order valence-corrected chi connectivity index (χ0v) is 22.9. The summed E-state index contributed by atoms with van der Waals surface area (Å²) in [6.45, 7) is 8.91. The molecule has 4 fully saturated rings. The molecule has 0 aromatic heterocycles. The van der Waals surface area contributed by atoms with Crippen LogP contribution in [0.5, 0.6) is 0 Å². The number of hydrogen-bond acceptors (Lipinski definition) is 2. The lowest BCUT2D eigenvalue weighted by Crippen LogP contribution is -2.54. The highest BCUT2D eigenvalue weighted by molar-refractivity contribution is 5.70. The number of carboxylic acid groups (broad SMARTS) is 1. The Morgan fingerprint density at radius 2 is 1.97 bits per heavy atom. The van der Waals surface area contributed by atoms with E-state index < -0.39 is 11.6 Å². The van der Waals surface area contributed by atoms with Crippen LogP contribution in [-0.4, -0.2) is 21.8 Å². The number of aliphatic hydroxyl groups is 1. The highest BCUT2D eigenvalue weighted by Gasteiger charge is 2.64. The molecule has 1 unspecified atom stereocenters. The summed E-state index contributed by atoms with van der Waals surface area (Å²) in [5, 5.41) is 20.2. The van der Waals surface area contributed by atoms with Crippen molar-refractivity contribution in [1.29, 1.82) is 0 Å². The van der Waals surface area contributed by atoms with Crippen molar-refractivity contribution in [1.82, 2.24) is 0 Å². The van der Waals surface area contributed by atoms with Crippen LogP contribution < -0.4 is 0 Å². The summed E-state index contributed by atoms with van der Waals surface area (Å²) in [5.74, 6) is 5.37. The SMILES string of the molecule is C#C[C@]1(O)CC[C@H]2[C@@H]3CCC4=CCCC[C@@H]4[C@H]3C(=C)C[C@@]21CC.CCCCCC(C(=O)O)C1CCC1. The van der Waals surface area contributed by atoms with Gasteiger partial charge in [0.1, 0.15) is 5.60 Å². The lowest BCUT2D eigenvalue weighted by atomic mass is 9.48. The number of carbonyl (C=O) groups is 1. The molecule has 0 bridgehead atoms. The van der Waals surface area contributed by atoms with Gasteiger partial charge in [-0.05, 0) is 107 Å². The van der Waals surface area contributed by atoms with Gasteiger partial charge >= 0.3 is 5.97 Å². The first kappa shape index (κ1) is 27.5. The van der Waals surface area contributed by atoms with Gasteiger partial charge in [0.2, 0.25) is 0 Å². The molecule has 3 nitrogen and oxygen atoms in total. The van der Waals surface area contributed by atoms with Crippen molar-refractivity contribution < 1.29 is 15.0 Å². The third-order valence-corrected chi connectivity index (χ3v) is 11.2. The number of allylic oxidation sites excluding steroid dienone is 3. The molecule has 7 atom stereocenters. The second-order valence-corrected chi connectivity index (χ2v) is 12.7. The summed E-state index contributed by atoms with van der Waals surface area (Å²) < 4.78 is 0. The van der Waals surface area contributed by atoms with Crippen molar-refractivity contribution >= 4 is 5.97 Å². The molecule has 0 saturated heterocycles. The van der Waals surface area contributed by atoms with Gasteiger partial charge in [-0.1, -0.05) is 69.3 Å². The molecule has 2 N–H and O–H groups in total. The second kappa shape index (κ2) is 11.5. The molecular formula is C33H50O3. The number of hydrogen-bond donors (Lipinski definition) is 2. The number of terminal acetylenes is 1. The Kier molecular flexibility index (Phi) is 8.76. The van der Waals surface area contributed by atoms with Crippen LogP contribution in [-0.2, 0) is 4.79 Å². The molecule has 36 heavy (non-hydrogen) atoms. The van der Waals surface area contributed by atoms with Gasteiger partial charge in [0.05, 0.1) is 5.92 Å². The predicted octanol–water partition coefficient (Wildman–Crippen LogP) is 7.94. The molecule has 5 aliphatic carbocycles. The van der Waals surface area contributed by atoms with Crippen LogP contribution in [0.4, 0.5) is 0 Å². The Morgan fingerprint density at radius 3 is 2.58 bits per heavy atom. The molecule has 0 aromatic rings. The Hall–Kier alpha value is -1.53. The molecule has 5 aliphatic rings. The summed E-state index contributed by atoms with van der Waals surface area (Å²) in [5.41, 5.74) is 2.08. The van der Waals surface area contributed by atoms with Crippen molar-refractivity contribution in [3.05, 3.63) is 23.8 Å². The number of unbranched alkanes of at least 4 members (excludes halogenated alkanes) is 2. The average Bonchev–Trinajstić information content (AvgIpc) is 3.15. The molecule has 0 heterocycles. The maximum absolute atomic E-state index is 11.2. The Bertz CT molecular complexity index is 876. The Morgan fingerprint density at radius 1 is 1.19 bits per heavy atom. The standard InChI is InChI=1S/C22H30O.C11H20O2/c1-4-21-14-15(3)20-17-9-7-6-8-16(17)10-11-18(20)19(21)12-13-22(21,23)5-2;1-2-3-4-8-10(11(12)13)9-6-5-7-9/h2,8,17-20,23H,3-4,6-7,9-14H2,1H3;9-10H,2-8H2,1H3,(H,12,13)/t17-,18-,19-,20+,21-,22-;/m0./s1. The minimum Gasteiger partial charge on any atom is -0.481 e. The summed E-state index contributed by atoms with van der Waals surface area (Å²) in [6, 6.07) is 0. The predicted molar refractivity (Wildman–Crippen MR) is 147 cm³/mol. The molecular weight excluding hydrogens is 444 g/mol. The highest BCUT2D eigenvalue weighted by atomic mass is 16.4. The van der Waals surface area contributed by atoms with Crippen LogP contribution in [0.3, 0.4) is 0 Å². The van der Waals surface area contributed by atoms with E-state index in [9.17, 15) is 9.90 Å². The van der Waals surface area contributed by atoms with E-state index in [1.54, 1.807) is 5.57 Å². The molecule has 0 aromatic carbocycles. The third-order valence-electron chi connectivity index (χ3n) is 11.2. The zero-order chi connectivity index (χ0) is 25.9. The van der Waals surface area contributed by atoms with Crippen molar-refractivity contribution in [3.8, 4) is 12.3 Å². The van der Waals surface area contributed by atoms with Gasteiger partial charge in [-0.2, -0.15) is 0 Å². The molecule has 0 radical (unpaired) electrons. The van der Waals surface area contributed by atoms with Gasteiger partial charge in [0.25, 0.3) is 0 Å². The van der Waals surface area contributed by atoms with Crippen molar-refractivity contribution in [3.63, 3.8) is 0 Å². The maximum atomic E-state index is 11.2. The third kappa shape index (κ3) is 4.84. The number of aliphatic carboxylic acids is 1. The molecule has 3 heteroatoms. The van der Waals surface area contributed by atoms with E-state index in [1.807, 2.05) is 0 Å². The van der Waals surface area contributed by atoms with Crippen LogP contribution in [0.25, 0.3) is 0 Å². The molecule has 200 valence electrons. The van der Waals surface area contributed by atoms with Gasteiger partial charge in [0.15, 0.2) is 0 Å². The van der Waals surface area contributed by atoms with E-state index in [4.69, 9.17) is 11.5 Å². The van der Waals surface area contributed by atoms with E-state index in [-0.39, 0.29) is 11.3 Å².